The number of carbonyl (C=O) groups is 2. The van der Waals surface area contributed by atoms with E-state index < -0.39 is 10.8 Å². The van der Waals surface area contributed by atoms with Crippen LogP contribution in [0.1, 0.15) is 6.92 Å². The first-order chi connectivity index (χ1) is 13.4. The smallest absolute Gasteiger partial charge is 0.235 e. The molecule has 2 aromatic carbocycles. The van der Waals surface area contributed by atoms with Crippen LogP contribution in [0.5, 0.6) is 0 Å². The van der Waals surface area contributed by atoms with E-state index in [9.17, 15) is 18.2 Å². The highest BCUT2D eigenvalue weighted by Crippen LogP contribution is 2.30. The van der Waals surface area contributed by atoms with Gasteiger partial charge in [0, 0.05) is 48.8 Å². The Kier molecular flexibility index (Phi) is 4.89. The standard InChI is InChI=1S/C20H19FN2O4S/c1-13(24)22-6-8-23(9-7-22)20(25)12-28(26)15-3-5-19-17(11-15)16-10-14(21)2-4-18(16)27-19/h2-5,10-11H,6-9,12H2,1H3. The molecule has 0 aliphatic carbocycles. The average Bonchev–Trinajstić information content (AvgIpc) is 3.05. The molecule has 2 amide bonds. The van der Waals surface area contributed by atoms with Crippen molar-refractivity contribution in [2.75, 3.05) is 31.9 Å². The first kappa shape index (κ1) is 18.6. The summed E-state index contributed by atoms with van der Waals surface area (Å²) in [6, 6.07) is 9.32. The number of amides is 2. The molecular formula is C20H19FN2O4S. The van der Waals surface area contributed by atoms with E-state index in [0.29, 0.717) is 53.0 Å². The Morgan fingerprint density at radius 3 is 2.29 bits per heavy atom. The zero-order valence-electron chi connectivity index (χ0n) is 15.3. The van der Waals surface area contributed by atoms with Crippen LogP contribution in [-0.4, -0.2) is 57.8 Å². The highest BCUT2D eigenvalue weighted by molar-refractivity contribution is 7.85. The van der Waals surface area contributed by atoms with Gasteiger partial charge in [0.15, 0.2) is 0 Å². The molecular weight excluding hydrogens is 383 g/mol. The van der Waals surface area contributed by atoms with Gasteiger partial charge in [0.1, 0.15) is 22.7 Å². The maximum Gasteiger partial charge on any atom is 0.235 e. The lowest BCUT2D eigenvalue weighted by molar-refractivity contribution is -0.136. The number of furan rings is 1. The Balaban J connectivity index is 1.51. The van der Waals surface area contributed by atoms with Crippen LogP contribution in [0.2, 0.25) is 0 Å². The minimum Gasteiger partial charge on any atom is -0.456 e. The molecule has 0 radical (unpaired) electrons. The summed E-state index contributed by atoms with van der Waals surface area (Å²) in [6.45, 7) is 3.38. The molecule has 0 N–H and O–H groups in total. The van der Waals surface area contributed by atoms with Crippen molar-refractivity contribution in [1.82, 2.24) is 9.80 Å². The molecule has 1 fully saturated rings. The number of rotatable bonds is 3. The minimum atomic E-state index is -1.53. The molecule has 6 nitrogen and oxygen atoms in total. The Morgan fingerprint density at radius 1 is 1.00 bits per heavy atom. The van der Waals surface area contributed by atoms with Crippen LogP contribution in [0, 0.1) is 5.82 Å². The van der Waals surface area contributed by atoms with Gasteiger partial charge >= 0.3 is 0 Å². The SMILES string of the molecule is CC(=O)N1CCN(C(=O)CS(=O)c2ccc3oc4ccc(F)cc4c3c2)CC1. The predicted molar refractivity (Wildman–Crippen MR) is 104 cm³/mol. The summed E-state index contributed by atoms with van der Waals surface area (Å²) in [7, 11) is -1.53. The van der Waals surface area contributed by atoms with Crippen molar-refractivity contribution in [3.05, 3.63) is 42.2 Å². The first-order valence-electron chi connectivity index (χ1n) is 8.96. The van der Waals surface area contributed by atoms with Crippen molar-refractivity contribution in [3.63, 3.8) is 0 Å². The molecule has 1 aromatic heterocycles. The monoisotopic (exact) mass is 402 g/mol. The predicted octanol–water partition coefficient (Wildman–Crippen LogP) is 2.52. The fraction of sp³-hybridized carbons (Fsp3) is 0.300. The zero-order chi connectivity index (χ0) is 19.8. The van der Waals surface area contributed by atoms with Crippen LogP contribution in [0.3, 0.4) is 0 Å². The van der Waals surface area contributed by atoms with Gasteiger partial charge in [0.2, 0.25) is 11.8 Å². The van der Waals surface area contributed by atoms with Gasteiger partial charge in [-0.25, -0.2) is 4.39 Å². The van der Waals surface area contributed by atoms with Gasteiger partial charge in [-0.3, -0.25) is 13.8 Å². The largest absolute Gasteiger partial charge is 0.456 e. The lowest BCUT2D eigenvalue weighted by Gasteiger charge is -2.34. The Hall–Kier alpha value is -2.74. The molecule has 8 heteroatoms. The highest BCUT2D eigenvalue weighted by atomic mass is 32.2. The van der Waals surface area contributed by atoms with Crippen molar-refractivity contribution < 1.29 is 22.6 Å². The molecule has 0 saturated carbocycles. The van der Waals surface area contributed by atoms with Crippen LogP contribution in [0.15, 0.2) is 45.7 Å². The van der Waals surface area contributed by atoms with Gasteiger partial charge in [0.25, 0.3) is 0 Å². The summed E-state index contributed by atoms with van der Waals surface area (Å²) in [4.78, 5) is 27.7. The second-order valence-electron chi connectivity index (χ2n) is 6.78. The number of benzene rings is 2. The van der Waals surface area contributed by atoms with Crippen LogP contribution >= 0.6 is 0 Å². The van der Waals surface area contributed by atoms with Crippen molar-refractivity contribution in [2.24, 2.45) is 0 Å². The molecule has 0 spiro atoms. The molecule has 0 bridgehead atoms. The number of fused-ring (bicyclic) bond motifs is 3. The Labute approximate surface area is 163 Å². The van der Waals surface area contributed by atoms with Crippen LogP contribution in [0.4, 0.5) is 4.39 Å². The summed E-state index contributed by atoms with van der Waals surface area (Å²) in [5.74, 6) is -0.713. The van der Waals surface area contributed by atoms with E-state index in [0.717, 1.165) is 0 Å². The summed E-state index contributed by atoms with van der Waals surface area (Å²) in [5.41, 5.74) is 1.13. The van der Waals surface area contributed by atoms with E-state index in [2.05, 4.69) is 0 Å². The molecule has 2 heterocycles. The summed E-state index contributed by atoms with van der Waals surface area (Å²) < 4.78 is 32.0. The zero-order valence-corrected chi connectivity index (χ0v) is 16.1. The molecule has 3 aromatic rings. The summed E-state index contributed by atoms with van der Waals surface area (Å²) >= 11 is 0. The lowest BCUT2D eigenvalue weighted by Crippen LogP contribution is -2.51. The number of halogens is 1. The average molecular weight is 402 g/mol. The van der Waals surface area contributed by atoms with Gasteiger partial charge in [-0.05, 0) is 36.4 Å². The van der Waals surface area contributed by atoms with E-state index in [1.165, 1.54) is 19.1 Å². The molecule has 1 aliphatic heterocycles. The van der Waals surface area contributed by atoms with Crippen LogP contribution < -0.4 is 0 Å². The third-order valence-corrected chi connectivity index (χ3v) is 6.29. The number of hydrogen-bond donors (Lipinski definition) is 0. The topological polar surface area (TPSA) is 70.8 Å². The van der Waals surface area contributed by atoms with Gasteiger partial charge in [0.05, 0.1) is 10.8 Å². The lowest BCUT2D eigenvalue weighted by atomic mass is 10.1. The van der Waals surface area contributed by atoms with E-state index in [4.69, 9.17) is 4.42 Å². The summed E-state index contributed by atoms with van der Waals surface area (Å²) in [6.07, 6.45) is 0. The maximum atomic E-state index is 13.6. The van der Waals surface area contributed by atoms with Crippen molar-refractivity contribution in [3.8, 4) is 0 Å². The number of carbonyl (C=O) groups excluding carboxylic acids is 2. The van der Waals surface area contributed by atoms with E-state index in [1.54, 1.807) is 34.1 Å². The molecule has 1 aliphatic rings. The van der Waals surface area contributed by atoms with Crippen molar-refractivity contribution >= 4 is 44.6 Å². The van der Waals surface area contributed by atoms with Gasteiger partial charge in [-0.2, -0.15) is 0 Å². The number of hydrogen-bond acceptors (Lipinski definition) is 4. The van der Waals surface area contributed by atoms with Gasteiger partial charge in [-0.15, -0.1) is 0 Å². The quantitative estimate of drug-likeness (QED) is 0.675. The minimum absolute atomic E-state index is 0.00671. The number of piperazine rings is 1. The maximum absolute atomic E-state index is 13.6. The molecule has 1 saturated heterocycles. The normalized spacial score (nSPS) is 15.9. The second kappa shape index (κ2) is 7.35. The van der Waals surface area contributed by atoms with Gasteiger partial charge in [-0.1, -0.05) is 0 Å². The van der Waals surface area contributed by atoms with Gasteiger partial charge < -0.3 is 14.2 Å². The Morgan fingerprint density at radius 2 is 1.61 bits per heavy atom. The van der Waals surface area contributed by atoms with Crippen LogP contribution in [-0.2, 0) is 20.4 Å². The molecule has 4 rings (SSSR count). The first-order valence-corrected chi connectivity index (χ1v) is 10.3. The Bertz CT molecular complexity index is 1100. The fourth-order valence-electron chi connectivity index (χ4n) is 3.43. The van der Waals surface area contributed by atoms with E-state index >= 15 is 0 Å². The summed E-state index contributed by atoms with van der Waals surface area (Å²) in [5, 5.41) is 1.28. The third-order valence-electron chi connectivity index (χ3n) is 5.00. The number of nitrogens with zero attached hydrogens (tertiary/aromatic N) is 2. The fourth-order valence-corrected chi connectivity index (χ4v) is 4.47. The molecule has 1 atom stereocenters. The van der Waals surface area contributed by atoms with E-state index in [1.807, 2.05) is 0 Å². The van der Waals surface area contributed by atoms with Crippen molar-refractivity contribution in [1.29, 1.82) is 0 Å². The highest BCUT2D eigenvalue weighted by Gasteiger charge is 2.24. The van der Waals surface area contributed by atoms with E-state index in [-0.39, 0.29) is 23.4 Å². The molecule has 146 valence electrons. The van der Waals surface area contributed by atoms with Crippen molar-refractivity contribution in [2.45, 2.75) is 11.8 Å². The second-order valence-corrected chi connectivity index (χ2v) is 8.23. The van der Waals surface area contributed by atoms with Crippen LogP contribution in [0.25, 0.3) is 21.9 Å². The molecule has 1 unspecified atom stereocenters. The third kappa shape index (κ3) is 3.52. The molecule has 28 heavy (non-hydrogen) atoms.